The second kappa shape index (κ2) is 8.62. The smallest absolute Gasteiger partial charge is 0.374 e. The van der Waals surface area contributed by atoms with Crippen LogP contribution >= 0.6 is 0 Å². The van der Waals surface area contributed by atoms with Crippen LogP contribution in [-0.4, -0.2) is 6.92 Å². The van der Waals surface area contributed by atoms with E-state index in [0.717, 1.165) is 0 Å². The maximum atomic E-state index is 14.3. The molecule has 0 saturated heterocycles. The SMILES string of the molecule is Fc1c(F)c(F)c(B(OCc2ccccc2)c2c(F)c(F)c(F)c(F)c2F)c(F)c1F. The van der Waals surface area contributed by atoms with Crippen LogP contribution < -0.4 is 10.9 Å². The summed E-state index contributed by atoms with van der Waals surface area (Å²) in [6, 6.07) is 7.15. The van der Waals surface area contributed by atoms with Gasteiger partial charge in [-0.15, -0.1) is 0 Å². The van der Waals surface area contributed by atoms with Gasteiger partial charge in [-0.2, -0.15) is 0 Å². The Kier molecular flexibility index (Phi) is 6.30. The predicted octanol–water partition coefficient (Wildman–Crippen LogP) is 4.40. The molecule has 0 N–H and O–H groups in total. The third-order valence-corrected chi connectivity index (χ3v) is 4.27. The maximum absolute atomic E-state index is 14.3. The van der Waals surface area contributed by atoms with E-state index in [9.17, 15) is 43.9 Å². The van der Waals surface area contributed by atoms with Crippen molar-refractivity contribution in [1.82, 2.24) is 0 Å². The van der Waals surface area contributed by atoms with Crippen LogP contribution in [0.1, 0.15) is 5.56 Å². The van der Waals surface area contributed by atoms with E-state index >= 15 is 0 Å². The van der Waals surface area contributed by atoms with Gasteiger partial charge in [-0.05, 0) is 5.56 Å². The molecule has 0 bridgehead atoms. The molecule has 1 nitrogen and oxygen atoms in total. The average molecular weight is 452 g/mol. The quantitative estimate of drug-likeness (QED) is 0.242. The number of rotatable bonds is 5. The first-order valence-electron chi connectivity index (χ1n) is 8.26. The molecular formula is C19H7BF10O. The normalized spacial score (nSPS) is 11.2. The van der Waals surface area contributed by atoms with Crippen molar-refractivity contribution >= 4 is 17.8 Å². The van der Waals surface area contributed by atoms with Crippen LogP contribution in [0.2, 0.25) is 0 Å². The van der Waals surface area contributed by atoms with Crippen molar-refractivity contribution in [3.05, 3.63) is 94.1 Å². The summed E-state index contributed by atoms with van der Waals surface area (Å²) >= 11 is 0. The van der Waals surface area contributed by atoms with Gasteiger partial charge in [0.25, 0.3) is 0 Å². The van der Waals surface area contributed by atoms with Crippen LogP contribution in [0.15, 0.2) is 30.3 Å². The fraction of sp³-hybridized carbons (Fsp3) is 0.0526. The zero-order valence-electron chi connectivity index (χ0n) is 14.9. The molecule has 0 amide bonds. The number of hydrogen-bond donors (Lipinski definition) is 0. The average Bonchev–Trinajstić information content (AvgIpc) is 2.77. The van der Waals surface area contributed by atoms with Crippen LogP contribution in [0.3, 0.4) is 0 Å². The van der Waals surface area contributed by atoms with Crippen molar-refractivity contribution < 1.29 is 48.6 Å². The molecule has 0 aliphatic rings. The fourth-order valence-electron chi connectivity index (χ4n) is 2.77. The summed E-state index contributed by atoms with van der Waals surface area (Å²) in [6.45, 7) is -3.63. The molecule has 3 aromatic carbocycles. The Morgan fingerprint density at radius 2 is 0.806 bits per heavy atom. The Balaban J connectivity index is 2.29. The Morgan fingerprint density at radius 3 is 1.16 bits per heavy atom. The molecule has 0 atom stereocenters. The first kappa shape index (κ1) is 22.7. The third kappa shape index (κ3) is 3.87. The third-order valence-electron chi connectivity index (χ3n) is 4.27. The Morgan fingerprint density at radius 1 is 0.484 bits per heavy atom. The highest BCUT2D eigenvalue weighted by molar-refractivity contribution is 6.80. The zero-order chi connectivity index (χ0) is 23.0. The van der Waals surface area contributed by atoms with Crippen LogP contribution in [0, 0.1) is 58.2 Å². The van der Waals surface area contributed by atoms with Crippen molar-refractivity contribution in [3.8, 4) is 0 Å². The van der Waals surface area contributed by atoms with Crippen LogP contribution in [0.4, 0.5) is 43.9 Å². The number of hydrogen-bond acceptors (Lipinski definition) is 1. The predicted molar refractivity (Wildman–Crippen MR) is 88.7 cm³/mol. The van der Waals surface area contributed by atoms with Gasteiger partial charge in [-0.3, -0.25) is 0 Å². The largest absolute Gasteiger partial charge is 0.422 e. The van der Waals surface area contributed by atoms with Crippen molar-refractivity contribution in [2.75, 3.05) is 0 Å². The highest BCUT2D eigenvalue weighted by Crippen LogP contribution is 2.21. The van der Waals surface area contributed by atoms with Crippen molar-refractivity contribution in [2.24, 2.45) is 0 Å². The molecule has 0 aromatic heterocycles. The Labute approximate surface area is 168 Å². The lowest BCUT2D eigenvalue weighted by molar-refractivity contribution is 0.314. The fourth-order valence-corrected chi connectivity index (χ4v) is 2.77. The van der Waals surface area contributed by atoms with Gasteiger partial charge in [-0.25, -0.2) is 43.9 Å². The van der Waals surface area contributed by atoms with E-state index < -0.39 is 82.6 Å². The van der Waals surface area contributed by atoms with Crippen molar-refractivity contribution in [3.63, 3.8) is 0 Å². The van der Waals surface area contributed by atoms with Crippen LogP contribution in [0.25, 0.3) is 0 Å². The van der Waals surface area contributed by atoms with E-state index in [-0.39, 0.29) is 5.56 Å². The minimum absolute atomic E-state index is 0.195. The van der Waals surface area contributed by atoms with Crippen LogP contribution in [-0.2, 0) is 11.3 Å². The van der Waals surface area contributed by atoms with Gasteiger partial charge >= 0.3 is 6.92 Å². The van der Waals surface area contributed by atoms with Crippen molar-refractivity contribution in [1.29, 1.82) is 0 Å². The molecule has 3 aromatic rings. The summed E-state index contributed by atoms with van der Waals surface area (Å²) in [4.78, 5) is 0. The lowest BCUT2D eigenvalue weighted by Gasteiger charge is -2.19. The van der Waals surface area contributed by atoms with Gasteiger partial charge in [-0.1, -0.05) is 30.3 Å². The molecule has 0 heterocycles. The second-order valence-electron chi connectivity index (χ2n) is 6.14. The molecule has 0 fully saturated rings. The lowest BCUT2D eigenvalue weighted by atomic mass is 9.54. The summed E-state index contributed by atoms with van der Waals surface area (Å²) < 4.78 is 144. The first-order valence-corrected chi connectivity index (χ1v) is 8.26. The molecule has 0 spiro atoms. The van der Waals surface area contributed by atoms with Gasteiger partial charge in [0, 0.05) is 10.9 Å². The summed E-state index contributed by atoms with van der Waals surface area (Å²) in [6.07, 6.45) is 0. The van der Waals surface area contributed by atoms with E-state index in [1.54, 1.807) is 0 Å². The first-order chi connectivity index (χ1) is 14.6. The molecule has 0 saturated carbocycles. The second-order valence-corrected chi connectivity index (χ2v) is 6.14. The topological polar surface area (TPSA) is 9.23 Å². The molecule has 0 unspecified atom stereocenters. The summed E-state index contributed by atoms with van der Waals surface area (Å²) in [7, 11) is 0. The standard InChI is InChI=1S/C19H7BF10O/c21-10-8(11(22)15(26)18(29)14(10)25)20(31-6-7-4-2-1-3-5-7)9-12(23)16(27)19(30)17(28)13(9)24/h1-5H,6H2. The Bertz CT molecular complexity index is 1030. The number of halogens is 10. The van der Waals surface area contributed by atoms with Gasteiger partial charge in [0.15, 0.2) is 58.2 Å². The minimum atomic E-state index is -2.88. The number of benzene rings is 3. The van der Waals surface area contributed by atoms with E-state index in [2.05, 4.69) is 0 Å². The minimum Gasteiger partial charge on any atom is -0.422 e. The molecular weight excluding hydrogens is 445 g/mol. The van der Waals surface area contributed by atoms with E-state index in [1.165, 1.54) is 30.3 Å². The molecule has 0 radical (unpaired) electrons. The monoisotopic (exact) mass is 452 g/mol. The highest BCUT2D eigenvalue weighted by atomic mass is 19.2. The zero-order valence-corrected chi connectivity index (χ0v) is 14.9. The van der Waals surface area contributed by atoms with Gasteiger partial charge < -0.3 is 4.65 Å². The van der Waals surface area contributed by atoms with Crippen molar-refractivity contribution in [2.45, 2.75) is 6.61 Å². The highest BCUT2D eigenvalue weighted by Gasteiger charge is 2.41. The molecule has 0 aliphatic heterocycles. The van der Waals surface area contributed by atoms with E-state index in [4.69, 9.17) is 4.65 Å². The van der Waals surface area contributed by atoms with E-state index in [1.807, 2.05) is 0 Å². The molecule has 12 heteroatoms. The van der Waals surface area contributed by atoms with Gasteiger partial charge in [0.05, 0.1) is 6.61 Å². The maximum Gasteiger partial charge on any atom is 0.374 e. The molecule has 162 valence electrons. The van der Waals surface area contributed by atoms with E-state index in [0.29, 0.717) is 0 Å². The lowest BCUT2D eigenvalue weighted by Crippen LogP contribution is -2.52. The molecule has 0 aliphatic carbocycles. The van der Waals surface area contributed by atoms with Gasteiger partial charge in [0.1, 0.15) is 0 Å². The molecule has 3 rings (SSSR count). The van der Waals surface area contributed by atoms with Crippen LogP contribution in [0.5, 0.6) is 0 Å². The Hall–Kier alpha value is -3.02. The summed E-state index contributed by atoms with van der Waals surface area (Å²) in [5, 5.41) is 0. The molecule has 31 heavy (non-hydrogen) atoms. The van der Waals surface area contributed by atoms with Gasteiger partial charge in [0.2, 0.25) is 0 Å². The summed E-state index contributed by atoms with van der Waals surface area (Å²) in [5.41, 5.74) is -3.65. The summed E-state index contributed by atoms with van der Waals surface area (Å²) in [5.74, 6) is -25.4.